The van der Waals surface area contributed by atoms with Crippen LogP contribution in [0.25, 0.3) is 10.9 Å². The molecule has 0 radical (unpaired) electrons. The number of hydrogen-bond acceptors (Lipinski definition) is 6. The summed E-state index contributed by atoms with van der Waals surface area (Å²) >= 11 is 1.18. The minimum absolute atomic E-state index is 0.116. The van der Waals surface area contributed by atoms with Crippen molar-refractivity contribution >= 4 is 39.1 Å². The van der Waals surface area contributed by atoms with Gasteiger partial charge in [-0.1, -0.05) is 12.1 Å². The molecular formula is C20H21N3O4S. The van der Waals surface area contributed by atoms with E-state index in [4.69, 9.17) is 4.74 Å². The van der Waals surface area contributed by atoms with Crippen LogP contribution in [0.15, 0.2) is 35.4 Å². The summed E-state index contributed by atoms with van der Waals surface area (Å²) in [6, 6.07) is 7.19. The van der Waals surface area contributed by atoms with E-state index in [-0.39, 0.29) is 24.4 Å². The second kappa shape index (κ2) is 8.35. The van der Waals surface area contributed by atoms with Crippen LogP contribution in [0.2, 0.25) is 0 Å². The first-order valence-electron chi connectivity index (χ1n) is 8.93. The van der Waals surface area contributed by atoms with Crippen LogP contribution >= 0.6 is 11.3 Å². The van der Waals surface area contributed by atoms with Crippen LogP contribution in [0.3, 0.4) is 0 Å². The summed E-state index contributed by atoms with van der Waals surface area (Å²) in [5.74, 6) is -0.637. The van der Waals surface area contributed by atoms with Gasteiger partial charge in [-0.15, -0.1) is 11.3 Å². The predicted octanol–water partition coefficient (Wildman–Crippen LogP) is 3.28. The van der Waals surface area contributed by atoms with E-state index in [0.717, 1.165) is 11.1 Å². The number of thiophene rings is 1. The molecule has 3 rings (SSSR count). The predicted molar refractivity (Wildman–Crippen MR) is 109 cm³/mol. The second-order valence-corrected chi connectivity index (χ2v) is 7.41. The lowest BCUT2D eigenvalue weighted by atomic mass is 10.1. The monoisotopic (exact) mass is 399 g/mol. The van der Waals surface area contributed by atoms with Gasteiger partial charge in [-0.3, -0.25) is 14.2 Å². The number of benzene rings is 1. The highest BCUT2D eigenvalue weighted by Crippen LogP contribution is 2.27. The molecule has 3 aromatic rings. The number of amides is 1. The molecule has 2 aromatic heterocycles. The van der Waals surface area contributed by atoms with Gasteiger partial charge >= 0.3 is 5.97 Å². The van der Waals surface area contributed by atoms with Gasteiger partial charge in [0.1, 0.15) is 4.88 Å². The summed E-state index contributed by atoms with van der Waals surface area (Å²) < 4.78 is 6.44. The molecule has 7 nitrogen and oxygen atoms in total. The highest BCUT2D eigenvalue weighted by molar-refractivity contribution is 7.18. The molecule has 1 amide bonds. The molecular weight excluding hydrogens is 378 g/mol. The standard InChI is InChI=1S/C20H21N3O4S/c1-4-27-20(26)18-13(3)10-16(28-18)22-15(24)8-9-23-11-21-17-12(2)6-5-7-14(17)19(23)25/h5-7,10-11H,4,8-9H2,1-3H3,(H,22,24). The Hall–Kier alpha value is -3.00. The van der Waals surface area contributed by atoms with Gasteiger partial charge in [0.05, 0.1) is 28.8 Å². The molecule has 0 saturated carbocycles. The molecule has 8 heteroatoms. The first-order valence-corrected chi connectivity index (χ1v) is 9.74. The molecule has 0 spiro atoms. The van der Waals surface area contributed by atoms with Gasteiger partial charge in [-0.2, -0.15) is 0 Å². The van der Waals surface area contributed by atoms with E-state index >= 15 is 0 Å². The lowest BCUT2D eigenvalue weighted by Crippen LogP contribution is -2.23. The molecule has 0 unspecified atom stereocenters. The van der Waals surface area contributed by atoms with Crippen LogP contribution in [0.4, 0.5) is 5.00 Å². The van der Waals surface area contributed by atoms with E-state index in [1.807, 2.05) is 19.1 Å². The average molecular weight is 399 g/mol. The van der Waals surface area contributed by atoms with Crippen LogP contribution in [0.1, 0.15) is 34.1 Å². The van der Waals surface area contributed by atoms with Gasteiger partial charge in [0.15, 0.2) is 0 Å². The number of nitrogens with zero attached hydrogens (tertiary/aromatic N) is 2. The molecule has 146 valence electrons. The molecule has 0 aliphatic rings. The number of esters is 1. The van der Waals surface area contributed by atoms with Crippen molar-refractivity contribution in [1.29, 1.82) is 0 Å². The number of rotatable bonds is 6. The number of aromatic nitrogens is 2. The Kier molecular flexibility index (Phi) is 5.89. The minimum Gasteiger partial charge on any atom is -0.462 e. The molecule has 0 saturated heterocycles. The Balaban J connectivity index is 1.67. The zero-order valence-corrected chi connectivity index (χ0v) is 16.8. The fraction of sp³-hybridized carbons (Fsp3) is 0.300. The lowest BCUT2D eigenvalue weighted by Gasteiger charge is -2.08. The number of aryl methyl sites for hydroxylation is 3. The molecule has 0 aliphatic heterocycles. The molecule has 0 aliphatic carbocycles. The number of fused-ring (bicyclic) bond motifs is 1. The van der Waals surface area contributed by atoms with E-state index in [1.54, 1.807) is 26.0 Å². The first-order chi connectivity index (χ1) is 13.4. The normalized spacial score (nSPS) is 10.8. The second-order valence-electron chi connectivity index (χ2n) is 6.36. The third-order valence-corrected chi connectivity index (χ3v) is 5.41. The number of ether oxygens (including phenoxy) is 1. The largest absolute Gasteiger partial charge is 0.462 e. The average Bonchev–Trinajstić information content (AvgIpc) is 3.02. The maximum atomic E-state index is 12.6. The topological polar surface area (TPSA) is 90.3 Å². The van der Waals surface area contributed by atoms with Crippen LogP contribution in [-0.2, 0) is 16.1 Å². The number of hydrogen-bond donors (Lipinski definition) is 1. The molecule has 2 heterocycles. The maximum absolute atomic E-state index is 12.6. The van der Waals surface area contributed by atoms with Gasteiger partial charge in [0.25, 0.3) is 5.56 Å². The van der Waals surface area contributed by atoms with Gasteiger partial charge in [0, 0.05) is 13.0 Å². The van der Waals surface area contributed by atoms with Gasteiger partial charge < -0.3 is 10.1 Å². The molecule has 0 bridgehead atoms. The summed E-state index contributed by atoms with van der Waals surface area (Å²) in [6.45, 7) is 5.96. The minimum atomic E-state index is -0.394. The highest BCUT2D eigenvalue weighted by atomic mass is 32.1. The van der Waals surface area contributed by atoms with Gasteiger partial charge in [-0.25, -0.2) is 9.78 Å². The van der Waals surface area contributed by atoms with Crippen molar-refractivity contribution in [2.24, 2.45) is 0 Å². The van der Waals surface area contributed by atoms with E-state index < -0.39 is 5.97 Å². The smallest absolute Gasteiger partial charge is 0.348 e. The number of carbonyl (C=O) groups is 2. The Morgan fingerprint density at radius 1 is 1.25 bits per heavy atom. The Morgan fingerprint density at radius 3 is 2.79 bits per heavy atom. The summed E-state index contributed by atoms with van der Waals surface area (Å²) in [5.41, 5.74) is 2.20. The molecule has 1 aromatic carbocycles. The summed E-state index contributed by atoms with van der Waals surface area (Å²) in [4.78, 5) is 41.5. The summed E-state index contributed by atoms with van der Waals surface area (Å²) in [7, 11) is 0. The number of nitrogens with one attached hydrogen (secondary N) is 1. The van der Waals surface area contributed by atoms with Crippen LogP contribution in [0.5, 0.6) is 0 Å². The zero-order chi connectivity index (χ0) is 20.3. The molecule has 28 heavy (non-hydrogen) atoms. The van der Waals surface area contributed by atoms with Crippen molar-refractivity contribution in [1.82, 2.24) is 9.55 Å². The Bertz CT molecular complexity index is 1100. The number of carbonyl (C=O) groups excluding carboxylic acids is 2. The van der Waals surface area contributed by atoms with Crippen molar-refractivity contribution in [3.63, 3.8) is 0 Å². The fourth-order valence-electron chi connectivity index (χ4n) is 2.86. The quantitative estimate of drug-likeness (QED) is 0.643. The first kappa shape index (κ1) is 19.8. The van der Waals surface area contributed by atoms with Crippen molar-refractivity contribution in [2.45, 2.75) is 33.7 Å². The SMILES string of the molecule is CCOC(=O)c1sc(NC(=O)CCn2cnc3c(C)cccc3c2=O)cc1C. The highest BCUT2D eigenvalue weighted by Gasteiger charge is 2.16. The van der Waals surface area contributed by atoms with Gasteiger partial charge in [-0.05, 0) is 44.0 Å². The maximum Gasteiger partial charge on any atom is 0.348 e. The lowest BCUT2D eigenvalue weighted by molar-refractivity contribution is -0.116. The Labute approximate surface area is 166 Å². The third kappa shape index (κ3) is 4.12. The van der Waals surface area contributed by atoms with Crippen LogP contribution in [0, 0.1) is 13.8 Å². The van der Waals surface area contributed by atoms with E-state index in [2.05, 4.69) is 10.3 Å². The van der Waals surface area contributed by atoms with Gasteiger partial charge in [0.2, 0.25) is 5.91 Å². The number of anilines is 1. The van der Waals surface area contributed by atoms with Crippen LogP contribution < -0.4 is 10.9 Å². The molecule has 1 N–H and O–H groups in total. The van der Waals surface area contributed by atoms with E-state index in [0.29, 0.717) is 27.4 Å². The van der Waals surface area contributed by atoms with Crippen LogP contribution in [-0.4, -0.2) is 28.0 Å². The van der Waals surface area contributed by atoms with Crippen molar-refractivity contribution in [2.75, 3.05) is 11.9 Å². The van der Waals surface area contributed by atoms with Crippen molar-refractivity contribution in [3.8, 4) is 0 Å². The van der Waals surface area contributed by atoms with E-state index in [1.165, 1.54) is 22.2 Å². The third-order valence-electron chi connectivity index (χ3n) is 4.28. The Morgan fingerprint density at radius 2 is 2.04 bits per heavy atom. The molecule has 0 fully saturated rings. The molecule has 0 atom stereocenters. The van der Waals surface area contributed by atoms with E-state index in [9.17, 15) is 14.4 Å². The number of para-hydroxylation sites is 1. The fourth-order valence-corrected chi connectivity index (χ4v) is 3.84. The van der Waals surface area contributed by atoms with Crippen molar-refractivity contribution < 1.29 is 14.3 Å². The zero-order valence-electron chi connectivity index (χ0n) is 15.9. The van der Waals surface area contributed by atoms with Crippen molar-refractivity contribution in [3.05, 3.63) is 57.0 Å². The summed E-state index contributed by atoms with van der Waals surface area (Å²) in [5, 5.41) is 3.88. The summed E-state index contributed by atoms with van der Waals surface area (Å²) in [6.07, 6.45) is 1.59.